The molecule has 0 saturated carbocycles. The number of rotatable bonds is 6. The molecule has 31 heavy (non-hydrogen) atoms. The van der Waals surface area contributed by atoms with Crippen molar-refractivity contribution < 1.29 is 19.1 Å². The lowest BCUT2D eigenvalue weighted by Gasteiger charge is -2.12. The molecule has 2 amide bonds. The van der Waals surface area contributed by atoms with Gasteiger partial charge in [0.1, 0.15) is 11.5 Å². The van der Waals surface area contributed by atoms with Crippen molar-refractivity contribution in [2.75, 3.05) is 6.61 Å². The third kappa shape index (κ3) is 6.68. The van der Waals surface area contributed by atoms with Gasteiger partial charge in [-0.3, -0.25) is 25.8 Å². The highest BCUT2D eigenvalue weighted by Crippen LogP contribution is 2.20. The van der Waals surface area contributed by atoms with Gasteiger partial charge in [0.25, 0.3) is 11.8 Å². The number of thiocarbonyl (C=S) groups is 1. The first-order valence-electron chi connectivity index (χ1n) is 9.69. The summed E-state index contributed by atoms with van der Waals surface area (Å²) in [6.07, 6.45) is 0.0466. The normalized spacial score (nSPS) is 10.4. The molecule has 3 aromatic rings. The van der Waals surface area contributed by atoms with Gasteiger partial charge in [0.2, 0.25) is 0 Å². The molecule has 3 N–H and O–H groups in total. The molecule has 3 aromatic carbocycles. The van der Waals surface area contributed by atoms with Gasteiger partial charge in [-0.2, -0.15) is 0 Å². The molecule has 0 saturated heterocycles. The third-order valence-electron chi connectivity index (χ3n) is 4.12. The van der Waals surface area contributed by atoms with Crippen molar-refractivity contribution in [3.8, 4) is 11.5 Å². The molecule has 7 nitrogen and oxygen atoms in total. The van der Waals surface area contributed by atoms with E-state index in [4.69, 9.17) is 21.7 Å². The first-order chi connectivity index (χ1) is 14.9. The van der Waals surface area contributed by atoms with E-state index in [1.807, 2.05) is 50.2 Å². The maximum absolute atomic E-state index is 12.2. The zero-order valence-electron chi connectivity index (χ0n) is 17.2. The second-order valence-corrected chi connectivity index (χ2v) is 7.35. The van der Waals surface area contributed by atoms with Crippen LogP contribution >= 0.6 is 12.2 Å². The van der Waals surface area contributed by atoms with Crippen molar-refractivity contribution in [3.63, 3.8) is 0 Å². The fourth-order valence-corrected chi connectivity index (χ4v) is 2.88. The highest BCUT2D eigenvalue weighted by molar-refractivity contribution is 7.80. The largest absolute Gasteiger partial charge is 0.491 e. The van der Waals surface area contributed by atoms with Gasteiger partial charge in [-0.1, -0.05) is 30.3 Å². The zero-order chi connectivity index (χ0) is 22.2. The highest BCUT2D eigenvalue weighted by atomic mass is 32.1. The van der Waals surface area contributed by atoms with Crippen molar-refractivity contribution in [3.05, 3.63) is 72.3 Å². The van der Waals surface area contributed by atoms with Crippen LogP contribution in [0.5, 0.6) is 11.5 Å². The predicted octanol–water partition coefficient (Wildman–Crippen LogP) is 3.34. The number of fused-ring (bicyclic) bond motifs is 1. The van der Waals surface area contributed by atoms with Crippen LogP contribution in [0.1, 0.15) is 24.2 Å². The fraction of sp³-hybridized carbons (Fsp3) is 0.174. The van der Waals surface area contributed by atoms with E-state index in [1.54, 1.807) is 30.3 Å². The molecule has 0 aliphatic rings. The lowest BCUT2D eigenvalue weighted by Crippen LogP contribution is -2.49. The van der Waals surface area contributed by atoms with Gasteiger partial charge in [-0.25, -0.2) is 0 Å². The molecule has 8 heteroatoms. The third-order valence-corrected chi connectivity index (χ3v) is 4.33. The molecule has 0 spiro atoms. The van der Waals surface area contributed by atoms with Crippen LogP contribution in [0.3, 0.4) is 0 Å². The summed E-state index contributed by atoms with van der Waals surface area (Å²) in [5.41, 5.74) is 5.28. The maximum atomic E-state index is 12.2. The van der Waals surface area contributed by atoms with E-state index in [1.165, 1.54) is 0 Å². The van der Waals surface area contributed by atoms with Gasteiger partial charge < -0.3 is 9.47 Å². The van der Waals surface area contributed by atoms with Gasteiger partial charge in [-0.15, -0.1) is 0 Å². The Labute approximate surface area is 185 Å². The van der Waals surface area contributed by atoms with E-state index >= 15 is 0 Å². The lowest BCUT2D eigenvalue weighted by molar-refractivity contribution is -0.123. The minimum atomic E-state index is -0.444. The fourth-order valence-electron chi connectivity index (χ4n) is 2.73. The van der Waals surface area contributed by atoms with E-state index in [0.717, 1.165) is 10.8 Å². The Morgan fingerprint density at radius 2 is 1.58 bits per heavy atom. The van der Waals surface area contributed by atoms with Gasteiger partial charge in [0, 0.05) is 5.56 Å². The number of amides is 2. The molecule has 160 valence electrons. The summed E-state index contributed by atoms with van der Waals surface area (Å²) in [5.74, 6) is 0.399. The molecule has 0 bridgehead atoms. The van der Waals surface area contributed by atoms with E-state index in [2.05, 4.69) is 16.2 Å². The van der Waals surface area contributed by atoms with Gasteiger partial charge in [-0.05, 0) is 73.2 Å². The van der Waals surface area contributed by atoms with Crippen molar-refractivity contribution in [2.45, 2.75) is 20.0 Å². The number of carbonyl (C=O) groups excluding carboxylic acids is 2. The van der Waals surface area contributed by atoms with Crippen LogP contribution in [0, 0.1) is 0 Å². The Morgan fingerprint density at radius 3 is 2.29 bits per heavy atom. The highest BCUT2D eigenvalue weighted by Gasteiger charge is 2.10. The first kappa shape index (κ1) is 22.0. The number of hydrogen-bond donors (Lipinski definition) is 3. The maximum Gasteiger partial charge on any atom is 0.276 e. The monoisotopic (exact) mass is 437 g/mol. The number of ether oxygens (including phenoxy) is 2. The number of nitrogens with one attached hydrogen (secondary N) is 3. The van der Waals surface area contributed by atoms with Gasteiger partial charge >= 0.3 is 0 Å². The van der Waals surface area contributed by atoms with E-state index in [9.17, 15) is 9.59 Å². The van der Waals surface area contributed by atoms with Crippen LogP contribution in [0.2, 0.25) is 0 Å². The van der Waals surface area contributed by atoms with E-state index in [-0.39, 0.29) is 17.8 Å². The summed E-state index contributed by atoms with van der Waals surface area (Å²) in [7, 11) is 0. The predicted molar refractivity (Wildman–Crippen MR) is 123 cm³/mol. The minimum absolute atomic E-state index is 0.0356. The van der Waals surface area contributed by atoms with Crippen LogP contribution in [0.15, 0.2) is 66.7 Å². The van der Waals surface area contributed by atoms with Crippen LogP contribution in [0.4, 0.5) is 0 Å². The Morgan fingerprint density at radius 1 is 0.903 bits per heavy atom. The summed E-state index contributed by atoms with van der Waals surface area (Å²) < 4.78 is 11.0. The van der Waals surface area contributed by atoms with Gasteiger partial charge in [0.05, 0.1) is 6.10 Å². The zero-order valence-corrected chi connectivity index (χ0v) is 18.0. The van der Waals surface area contributed by atoms with Crippen LogP contribution in [-0.2, 0) is 4.79 Å². The smallest absolute Gasteiger partial charge is 0.276 e. The molecular weight excluding hydrogens is 414 g/mol. The molecule has 0 atom stereocenters. The summed E-state index contributed by atoms with van der Waals surface area (Å²) in [6.45, 7) is 3.64. The second kappa shape index (κ2) is 10.4. The Kier molecular flexibility index (Phi) is 7.40. The van der Waals surface area contributed by atoms with E-state index < -0.39 is 11.8 Å². The molecule has 0 aromatic heterocycles. The first-order valence-corrected chi connectivity index (χ1v) is 10.1. The number of carbonyl (C=O) groups is 2. The standard InChI is InChI=1S/C23H23N3O4S/c1-15(2)30-19-10-8-17(9-11-19)22(28)24-23(31)26-25-21(27)14-29-20-12-7-16-5-3-4-6-18(16)13-20/h3-13,15H,14H2,1-2H3,(H,25,27)(H2,24,26,28,31). The van der Waals surface area contributed by atoms with Crippen LogP contribution < -0.4 is 25.6 Å². The summed E-state index contributed by atoms with van der Waals surface area (Å²) >= 11 is 5.04. The lowest BCUT2D eigenvalue weighted by atomic mass is 10.1. The SMILES string of the molecule is CC(C)Oc1ccc(C(=O)NC(=S)NNC(=O)COc2ccc3ccccc3c2)cc1. The molecule has 3 rings (SSSR count). The molecule has 0 heterocycles. The van der Waals surface area contributed by atoms with Crippen molar-refractivity contribution in [2.24, 2.45) is 0 Å². The van der Waals surface area contributed by atoms with E-state index in [0.29, 0.717) is 17.1 Å². The average Bonchev–Trinajstić information content (AvgIpc) is 2.76. The Balaban J connectivity index is 1.42. The number of hydrogen-bond acceptors (Lipinski definition) is 5. The average molecular weight is 438 g/mol. The topological polar surface area (TPSA) is 88.7 Å². The number of hydrazine groups is 1. The summed E-state index contributed by atoms with van der Waals surface area (Å²) in [6, 6.07) is 20.1. The minimum Gasteiger partial charge on any atom is -0.491 e. The van der Waals surface area contributed by atoms with Crippen LogP contribution in [0.25, 0.3) is 10.8 Å². The molecule has 0 fully saturated rings. The molecular formula is C23H23N3O4S. The molecule has 0 radical (unpaired) electrons. The summed E-state index contributed by atoms with van der Waals surface area (Å²) in [5, 5.41) is 4.56. The van der Waals surface area contributed by atoms with Gasteiger partial charge in [0.15, 0.2) is 11.7 Å². The Bertz CT molecular complexity index is 1080. The van der Waals surface area contributed by atoms with Crippen molar-refractivity contribution >= 4 is 39.9 Å². The van der Waals surface area contributed by atoms with Crippen molar-refractivity contribution in [1.29, 1.82) is 0 Å². The van der Waals surface area contributed by atoms with Crippen molar-refractivity contribution in [1.82, 2.24) is 16.2 Å². The molecule has 0 aliphatic carbocycles. The van der Waals surface area contributed by atoms with Crippen LogP contribution in [-0.4, -0.2) is 29.6 Å². The molecule has 0 unspecified atom stereocenters. The quantitative estimate of drug-likeness (QED) is 0.405. The molecule has 0 aliphatic heterocycles. The second-order valence-electron chi connectivity index (χ2n) is 6.95. The summed E-state index contributed by atoms with van der Waals surface area (Å²) in [4.78, 5) is 24.2. The Hall–Kier alpha value is -3.65. The number of benzene rings is 3.